The summed E-state index contributed by atoms with van der Waals surface area (Å²) >= 11 is 10.3. The SMILES string of the molecule is COC(=O)[C@@](C)(Cl)[C@@H](F)Cl. The molecule has 0 amide bonds. The van der Waals surface area contributed by atoms with E-state index in [0.29, 0.717) is 0 Å². The number of carbonyl (C=O) groups excluding carboxylic acids is 1. The second kappa shape index (κ2) is 3.39. The molecule has 0 fully saturated rings. The minimum Gasteiger partial charge on any atom is -0.468 e. The van der Waals surface area contributed by atoms with Gasteiger partial charge in [0.05, 0.1) is 7.11 Å². The molecule has 0 radical (unpaired) electrons. The van der Waals surface area contributed by atoms with E-state index >= 15 is 0 Å². The maximum atomic E-state index is 12.2. The van der Waals surface area contributed by atoms with E-state index in [4.69, 9.17) is 23.2 Å². The number of hydrogen-bond donors (Lipinski definition) is 0. The molecule has 0 spiro atoms. The molecule has 0 N–H and O–H groups in total. The highest BCUT2D eigenvalue weighted by Crippen LogP contribution is 2.26. The second-order valence-corrected chi connectivity index (χ2v) is 3.04. The van der Waals surface area contributed by atoms with Gasteiger partial charge in [-0.3, -0.25) is 4.79 Å². The molecular formula is C5H7Cl2FO2. The average molecular weight is 189 g/mol. The van der Waals surface area contributed by atoms with Gasteiger partial charge in [0, 0.05) is 0 Å². The third-order valence-electron chi connectivity index (χ3n) is 0.994. The predicted octanol–water partition coefficient (Wildman–Crippen LogP) is 1.69. The highest BCUT2D eigenvalue weighted by atomic mass is 35.5. The summed E-state index contributed by atoms with van der Waals surface area (Å²) < 4.78 is 16.4. The number of halogens is 3. The number of rotatable bonds is 2. The van der Waals surface area contributed by atoms with Crippen LogP contribution in [0, 0.1) is 0 Å². The Morgan fingerprint density at radius 1 is 1.80 bits per heavy atom. The Morgan fingerprint density at radius 3 is 2.30 bits per heavy atom. The fourth-order valence-electron chi connectivity index (χ4n) is 0.289. The fourth-order valence-corrected chi connectivity index (χ4v) is 0.455. The van der Waals surface area contributed by atoms with Crippen molar-refractivity contribution in [3.63, 3.8) is 0 Å². The van der Waals surface area contributed by atoms with Crippen LogP contribution >= 0.6 is 23.2 Å². The fraction of sp³-hybridized carbons (Fsp3) is 0.800. The zero-order chi connectivity index (χ0) is 8.36. The van der Waals surface area contributed by atoms with Crippen molar-refractivity contribution in [3.8, 4) is 0 Å². The van der Waals surface area contributed by atoms with Crippen molar-refractivity contribution in [1.29, 1.82) is 0 Å². The first kappa shape index (κ1) is 9.98. The summed E-state index contributed by atoms with van der Waals surface area (Å²) in [4.78, 5) is 8.81. The van der Waals surface area contributed by atoms with Gasteiger partial charge >= 0.3 is 5.97 Å². The average Bonchev–Trinajstić information content (AvgIpc) is 1.86. The van der Waals surface area contributed by atoms with Gasteiger partial charge in [-0.2, -0.15) is 0 Å². The molecule has 0 aliphatic heterocycles. The van der Waals surface area contributed by atoms with Crippen LogP contribution < -0.4 is 0 Å². The summed E-state index contributed by atoms with van der Waals surface area (Å²) in [5.74, 6) is -0.878. The van der Waals surface area contributed by atoms with Gasteiger partial charge in [-0.25, -0.2) is 4.39 Å². The van der Waals surface area contributed by atoms with E-state index in [9.17, 15) is 9.18 Å². The lowest BCUT2D eigenvalue weighted by atomic mass is 10.2. The van der Waals surface area contributed by atoms with Crippen LogP contribution in [-0.2, 0) is 9.53 Å². The van der Waals surface area contributed by atoms with Gasteiger partial charge in [0.25, 0.3) is 0 Å². The van der Waals surface area contributed by atoms with Gasteiger partial charge in [0.2, 0.25) is 5.63 Å². The van der Waals surface area contributed by atoms with Gasteiger partial charge in [-0.15, -0.1) is 11.6 Å². The first-order chi connectivity index (χ1) is 4.42. The molecule has 0 aromatic carbocycles. The maximum absolute atomic E-state index is 12.2. The number of hydrogen-bond acceptors (Lipinski definition) is 2. The number of esters is 1. The van der Waals surface area contributed by atoms with E-state index in [2.05, 4.69) is 4.74 Å². The van der Waals surface area contributed by atoms with Gasteiger partial charge in [0.15, 0.2) is 4.87 Å². The first-order valence-corrected chi connectivity index (χ1v) is 3.29. The summed E-state index contributed by atoms with van der Waals surface area (Å²) in [6.07, 6.45) is 0. The molecule has 2 nitrogen and oxygen atoms in total. The van der Waals surface area contributed by atoms with Crippen molar-refractivity contribution in [2.45, 2.75) is 17.4 Å². The summed E-state index contributed by atoms with van der Waals surface area (Å²) in [6, 6.07) is 0. The van der Waals surface area contributed by atoms with E-state index in [1.54, 1.807) is 0 Å². The molecule has 0 saturated heterocycles. The molecule has 0 aliphatic rings. The summed E-state index contributed by atoms with van der Waals surface area (Å²) in [7, 11) is 1.11. The Bertz CT molecular complexity index is 136. The molecule has 0 rings (SSSR count). The van der Waals surface area contributed by atoms with Crippen LogP contribution in [0.3, 0.4) is 0 Å². The predicted molar refractivity (Wildman–Crippen MR) is 37.0 cm³/mol. The monoisotopic (exact) mass is 188 g/mol. The molecule has 60 valence electrons. The van der Waals surface area contributed by atoms with Crippen molar-refractivity contribution in [2.24, 2.45) is 0 Å². The summed E-state index contributed by atoms with van der Waals surface area (Å²) in [5, 5.41) is 0. The minimum atomic E-state index is -1.94. The van der Waals surface area contributed by atoms with Crippen molar-refractivity contribution in [3.05, 3.63) is 0 Å². The van der Waals surface area contributed by atoms with Crippen molar-refractivity contribution < 1.29 is 13.9 Å². The van der Waals surface area contributed by atoms with Crippen molar-refractivity contribution >= 4 is 29.2 Å². The van der Waals surface area contributed by atoms with Crippen LogP contribution in [0.25, 0.3) is 0 Å². The molecule has 5 heteroatoms. The third-order valence-corrected chi connectivity index (χ3v) is 1.89. The van der Waals surface area contributed by atoms with E-state index < -0.39 is 16.5 Å². The van der Waals surface area contributed by atoms with Gasteiger partial charge in [-0.05, 0) is 6.92 Å². The largest absolute Gasteiger partial charge is 0.468 e. The zero-order valence-corrected chi connectivity index (χ0v) is 7.04. The molecule has 0 heterocycles. The van der Waals surface area contributed by atoms with Crippen molar-refractivity contribution in [1.82, 2.24) is 0 Å². The molecule has 0 aromatic heterocycles. The molecule has 0 aromatic rings. The molecule has 0 saturated carbocycles. The van der Waals surface area contributed by atoms with Crippen LogP contribution in [0.2, 0.25) is 0 Å². The van der Waals surface area contributed by atoms with Gasteiger partial charge in [0.1, 0.15) is 0 Å². The second-order valence-electron chi connectivity index (χ2n) is 1.87. The van der Waals surface area contributed by atoms with Crippen LogP contribution in [0.15, 0.2) is 0 Å². The Labute approximate surface area is 68.2 Å². The smallest absolute Gasteiger partial charge is 0.331 e. The van der Waals surface area contributed by atoms with Crippen LogP contribution in [0.1, 0.15) is 6.92 Å². The number of methoxy groups -OCH3 is 1. The minimum absolute atomic E-state index is 0.878. The highest BCUT2D eigenvalue weighted by Gasteiger charge is 2.40. The molecular weight excluding hydrogens is 182 g/mol. The molecule has 10 heavy (non-hydrogen) atoms. The van der Waals surface area contributed by atoms with E-state index in [1.807, 2.05) is 0 Å². The first-order valence-electron chi connectivity index (χ1n) is 2.48. The van der Waals surface area contributed by atoms with Crippen LogP contribution in [-0.4, -0.2) is 23.6 Å². The Balaban J connectivity index is 4.24. The zero-order valence-electron chi connectivity index (χ0n) is 5.53. The normalized spacial score (nSPS) is 19.3. The maximum Gasteiger partial charge on any atom is 0.331 e. The molecule has 0 aliphatic carbocycles. The van der Waals surface area contributed by atoms with Gasteiger partial charge < -0.3 is 4.74 Å². The molecule has 0 bridgehead atoms. The molecule has 0 unspecified atom stereocenters. The lowest BCUT2D eigenvalue weighted by molar-refractivity contribution is -0.144. The number of ether oxygens (including phenoxy) is 1. The van der Waals surface area contributed by atoms with Crippen molar-refractivity contribution in [2.75, 3.05) is 7.11 Å². The summed E-state index contributed by atoms with van der Waals surface area (Å²) in [5.41, 5.74) is -1.94. The third kappa shape index (κ3) is 1.99. The topological polar surface area (TPSA) is 26.3 Å². The van der Waals surface area contributed by atoms with Crippen LogP contribution in [0.5, 0.6) is 0 Å². The Morgan fingerprint density at radius 2 is 2.20 bits per heavy atom. The highest BCUT2D eigenvalue weighted by molar-refractivity contribution is 6.39. The lowest BCUT2D eigenvalue weighted by Gasteiger charge is -2.17. The molecule has 2 atom stereocenters. The Hall–Kier alpha value is -0.0200. The van der Waals surface area contributed by atoms with Gasteiger partial charge in [-0.1, -0.05) is 11.6 Å². The van der Waals surface area contributed by atoms with E-state index in [1.165, 1.54) is 0 Å². The Kier molecular flexibility index (Phi) is 3.39. The standard InChI is InChI=1S/C5H7Cl2FO2/c1-5(7,3(6)8)4(9)10-2/h3H,1-2H3/t3-,5+/m1/s1. The van der Waals surface area contributed by atoms with Crippen LogP contribution in [0.4, 0.5) is 4.39 Å². The van der Waals surface area contributed by atoms with E-state index in [-0.39, 0.29) is 0 Å². The lowest BCUT2D eigenvalue weighted by Crippen LogP contribution is -2.37. The number of alkyl halides is 3. The number of carbonyl (C=O) groups is 1. The van der Waals surface area contributed by atoms with E-state index in [0.717, 1.165) is 14.0 Å². The quantitative estimate of drug-likeness (QED) is 0.488. The summed E-state index contributed by atoms with van der Waals surface area (Å²) in [6.45, 7) is 1.15.